The van der Waals surface area contributed by atoms with Crippen LogP contribution in [0.2, 0.25) is 0 Å². The summed E-state index contributed by atoms with van der Waals surface area (Å²) in [7, 11) is 1.69. The monoisotopic (exact) mass is 427 g/mol. The maximum Gasteiger partial charge on any atom is 0.219 e. The molecule has 2 aromatic rings. The van der Waals surface area contributed by atoms with Crippen molar-refractivity contribution in [1.29, 1.82) is 0 Å². The van der Waals surface area contributed by atoms with Gasteiger partial charge in [-0.3, -0.25) is 4.79 Å². The first-order chi connectivity index (χ1) is 14.6. The van der Waals surface area contributed by atoms with Crippen LogP contribution in [0.5, 0.6) is 11.5 Å². The van der Waals surface area contributed by atoms with Crippen molar-refractivity contribution in [1.82, 2.24) is 9.80 Å². The van der Waals surface area contributed by atoms with Gasteiger partial charge in [-0.15, -0.1) is 0 Å². The highest BCUT2D eigenvalue weighted by molar-refractivity contribution is 7.80. The molecule has 1 fully saturated rings. The Balaban J connectivity index is 1.60. The molecule has 0 unspecified atom stereocenters. The molecule has 7 heteroatoms. The summed E-state index contributed by atoms with van der Waals surface area (Å²) in [6.45, 7) is 4.45. The smallest absolute Gasteiger partial charge is 0.219 e. The molecule has 30 heavy (non-hydrogen) atoms. The van der Waals surface area contributed by atoms with Crippen molar-refractivity contribution in [2.45, 2.75) is 25.8 Å². The van der Waals surface area contributed by atoms with E-state index in [9.17, 15) is 4.79 Å². The summed E-state index contributed by atoms with van der Waals surface area (Å²) in [4.78, 5) is 15.7. The number of carbonyl (C=O) groups excluding carboxylic acids is 1. The van der Waals surface area contributed by atoms with Gasteiger partial charge in [-0.2, -0.15) is 0 Å². The summed E-state index contributed by atoms with van der Waals surface area (Å²) in [6, 6.07) is 17.7. The fourth-order valence-corrected chi connectivity index (χ4v) is 3.92. The summed E-state index contributed by atoms with van der Waals surface area (Å²) in [5, 5.41) is 4.01. The summed E-state index contributed by atoms with van der Waals surface area (Å²) < 4.78 is 11.1. The summed E-state index contributed by atoms with van der Waals surface area (Å²) >= 11 is 5.72. The van der Waals surface area contributed by atoms with E-state index in [0.717, 1.165) is 43.1 Å². The zero-order valence-corrected chi connectivity index (χ0v) is 18.4. The second-order valence-corrected chi connectivity index (χ2v) is 7.68. The molecular weight excluding hydrogens is 398 g/mol. The van der Waals surface area contributed by atoms with Crippen molar-refractivity contribution in [2.75, 3.05) is 38.7 Å². The number of anilines is 1. The zero-order chi connectivity index (χ0) is 21.3. The third-order valence-electron chi connectivity index (χ3n) is 5.23. The fraction of sp³-hybridized carbons (Fsp3) is 0.391. The number of nitrogens with one attached hydrogen (secondary N) is 1. The lowest BCUT2D eigenvalue weighted by Gasteiger charge is -2.39. The van der Waals surface area contributed by atoms with Crippen LogP contribution < -0.4 is 10.1 Å². The molecule has 0 bridgehead atoms. The lowest BCUT2D eigenvalue weighted by Crippen LogP contribution is -2.50. The van der Waals surface area contributed by atoms with Crippen LogP contribution in [0, 0.1) is 0 Å². The first kappa shape index (κ1) is 22.1. The second-order valence-electron chi connectivity index (χ2n) is 7.29. The highest BCUT2D eigenvalue weighted by atomic mass is 32.1. The lowest BCUT2D eigenvalue weighted by molar-refractivity contribution is -0.130. The number of carbonyl (C=O) groups is 1. The minimum absolute atomic E-state index is 0.135. The topological polar surface area (TPSA) is 54.0 Å². The number of para-hydroxylation sites is 1. The van der Waals surface area contributed by atoms with Gasteiger partial charge in [0.2, 0.25) is 5.91 Å². The fourth-order valence-electron chi connectivity index (χ4n) is 3.56. The van der Waals surface area contributed by atoms with Crippen LogP contribution in [0.25, 0.3) is 0 Å². The first-order valence-electron chi connectivity index (χ1n) is 10.2. The van der Waals surface area contributed by atoms with E-state index in [0.29, 0.717) is 18.3 Å². The normalized spacial score (nSPS) is 14.3. The Labute approximate surface area is 183 Å². The van der Waals surface area contributed by atoms with E-state index < -0.39 is 0 Å². The van der Waals surface area contributed by atoms with Crippen molar-refractivity contribution in [3.05, 3.63) is 54.6 Å². The van der Waals surface area contributed by atoms with Gasteiger partial charge >= 0.3 is 0 Å². The Morgan fingerprint density at radius 2 is 1.73 bits per heavy atom. The summed E-state index contributed by atoms with van der Waals surface area (Å²) in [5.41, 5.74) is 0.906. The number of hydrogen-bond acceptors (Lipinski definition) is 4. The first-order valence-corrected chi connectivity index (χ1v) is 10.6. The van der Waals surface area contributed by atoms with Gasteiger partial charge in [-0.05, 0) is 61.5 Å². The maximum absolute atomic E-state index is 11.6. The number of rotatable bonds is 7. The van der Waals surface area contributed by atoms with E-state index in [4.69, 9.17) is 21.7 Å². The van der Waals surface area contributed by atoms with Crippen molar-refractivity contribution < 1.29 is 14.3 Å². The Kier molecular flexibility index (Phi) is 8.04. The summed E-state index contributed by atoms with van der Waals surface area (Å²) in [6.07, 6.45) is 1.80. The van der Waals surface area contributed by atoms with Crippen LogP contribution >= 0.6 is 12.2 Å². The minimum atomic E-state index is 0.135. The number of piperidine rings is 1. The number of methoxy groups -OCH3 is 1. The van der Waals surface area contributed by atoms with Crippen molar-refractivity contribution in [3.8, 4) is 11.5 Å². The van der Waals surface area contributed by atoms with Gasteiger partial charge in [0.25, 0.3) is 0 Å². The number of thiocarbonyl (C=S) groups is 1. The quantitative estimate of drug-likeness (QED) is 0.671. The van der Waals surface area contributed by atoms with E-state index in [2.05, 4.69) is 10.2 Å². The van der Waals surface area contributed by atoms with Crippen molar-refractivity contribution in [2.24, 2.45) is 0 Å². The molecule has 1 aliphatic rings. The highest BCUT2D eigenvalue weighted by Gasteiger charge is 2.27. The van der Waals surface area contributed by atoms with Gasteiger partial charge in [0, 0.05) is 45.4 Å². The molecule has 1 saturated heterocycles. The van der Waals surface area contributed by atoms with E-state index >= 15 is 0 Å². The zero-order valence-electron chi connectivity index (χ0n) is 17.5. The number of amides is 1. The average Bonchev–Trinajstić information content (AvgIpc) is 2.76. The predicted octanol–water partition coefficient (Wildman–Crippen LogP) is 4.14. The molecule has 0 saturated carbocycles. The highest BCUT2D eigenvalue weighted by Crippen LogP contribution is 2.23. The number of likely N-dealkylation sites (tertiary alicyclic amines) is 1. The number of hydrogen-bond donors (Lipinski definition) is 1. The Hall–Kier alpha value is -2.64. The molecule has 0 aromatic heterocycles. The van der Waals surface area contributed by atoms with Crippen LogP contribution in [0.3, 0.4) is 0 Å². The number of ether oxygens (including phenoxy) is 2. The molecule has 0 spiro atoms. The SMILES string of the molecule is COCCN(C(=S)Nc1ccc(Oc2ccccc2)cc1)C1CCN(C(C)=O)CC1. The second kappa shape index (κ2) is 10.9. The van der Waals surface area contributed by atoms with Crippen LogP contribution in [-0.2, 0) is 9.53 Å². The van der Waals surface area contributed by atoms with Gasteiger partial charge in [0.15, 0.2) is 5.11 Å². The minimum Gasteiger partial charge on any atom is -0.457 e. The van der Waals surface area contributed by atoms with Crippen molar-refractivity contribution >= 4 is 28.9 Å². The predicted molar refractivity (Wildman–Crippen MR) is 123 cm³/mol. The van der Waals surface area contributed by atoms with Crippen LogP contribution in [-0.4, -0.2) is 60.2 Å². The molecular formula is C23H29N3O3S. The lowest BCUT2D eigenvalue weighted by atomic mass is 10.0. The van der Waals surface area contributed by atoms with Crippen LogP contribution in [0.15, 0.2) is 54.6 Å². The number of benzene rings is 2. The molecule has 6 nitrogen and oxygen atoms in total. The molecule has 160 valence electrons. The van der Waals surface area contributed by atoms with E-state index in [-0.39, 0.29) is 11.9 Å². The van der Waals surface area contributed by atoms with Gasteiger partial charge < -0.3 is 24.6 Å². The van der Waals surface area contributed by atoms with Crippen LogP contribution in [0.4, 0.5) is 5.69 Å². The molecule has 1 heterocycles. The van der Waals surface area contributed by atoms with Crippen molar-refractivity contribution in [3.63, 3.8) is 0 Å². The molecule has 0 radical (unpaired) electrons. The third kappa shape index (κ3) is 6.18. The van der Waals surface area contributed by atoms with E-state index in [1.54, 1.807) is 14.0 Å². The van der Waals surface area contributed by atoms with Crippen LogP contribution in [0.1, 0.15) is 19.8 Å². The molecule has 1 N–H and O–H groups in total. The molecule has 0 atom stereocenters. The standard InChI is InChI=1S/C23H29N3O3S/c1-18(27)25-14-12-20(13-15-25)26(16-17-28-2)23(30)24-19-8-10-22(11-9-19)29-21-6-4-3-5-7-21/h3-11,20H,12-17H2,1-2H3,(H,24,30). The Morgan fingerprint density at radius 1 is 1.10 bits per heavy atom. The average molecular weight is 428 g/mol. The Bertz CT molecular complexity index is 821. The molecule has 3 rings (SSSR count). The molecule has 2 aromatic carbocycles. The van der Waals surface area contributed by atoms with Gasteiger partial charge in [-0.25, -0.2) is 0 Å². The van der Waals surface area contributed by atoms with Gasteiger partial charge in [0.1, 0.15) is 11.5 Å². The van der Waals surface area contributed by atoms with Gasteiger partial charge in [0.05, 0.1) is 6.61 Å². The molecule has 1 aliphatic heterocycles. The largest absolute Gasteiger partial charge is 0.457 e. The Morgan fingerprint density at radius 3 is 2.33 bits per heavy atom. The molecule has 1 amide bonds. The van der Waals surface area contributed by atoms with E-state index in [1.807, 2.05) is 59.5 Å². The summed E-state index contributed by atoms with van der Waals surface area (Å²) in [5.74, 6) is 1.71. The van der Waals surface area contributed by atoms with Gasteiger partial charge in [-0.1, -0.05) is 18.2 Å². The van der Waals surface area contributed by atoms with E-state index in [1.165, 1.54) is 0 Å². The third-order valence-corrected chi connectivity index (χ3v) is 5.57. The maximum atomic E-state index is 11.6. The number of nitrogens with zero attached hydrogens (tertiary/aromatic N) is 2. The molecule has 0 aliphatic carbocycles.